The van der Waals surface area contributed by atoms with Crippen molar-refractivity contribution in [1.29, 1.82) is 0 Å². The highest BCUT2D eigenvalue weighted by molar-refractivity contribution is 6.30. The Bertz CT molecular complexity index is 476. The summed E-state index contributed by atoms with van der Waals surface area (Å²) < 4.78 is 0. The number of benzene rings is 1. The minimum Gasteiger partial charge on any atom is -0.367 e. The largest absolute Gasteiger partial charge is 0.367 e. The summed E-state index contributed by atoms with van der Waals surface area (Å²) in [5.41, 5.74) is 1.83. The van der Waals surface area contributed by atoms with Crippen molar-refractivity contribution in [2.24, 2.45) is 0 Å². The minimum atomic E-state index is 0.154. The standard InChI is InChI=1S/C13H12ClNO/c14-12-3-1-2-10(8-12)4-5-13(16)11-6-7-15-9-11/h1-3,6-9,15H,4-5H2. The van der Waals surface area contributed by atoms with E-state index in [1.165, 1.54) is 0 Å². The summed E-state index contributed by atoms with van der Waals surface area (Å²) in [5.74, 6) is 0.154. The summed E-state index contributed by atoms with van der Waals surface area (Å²) in [5, 5.41) is 0.714. The van der Waals surface area contributed by atoms with Crippen LogP contribution in [0, 0.1) is 0 Å². The van der Waals surface area contributed by atoms with Crippen molar-refractivity contribution >= 4 is 17.4 Å². The Morgan fingerprint density at radius 2 is 2.19 bits per heavy atom. The molecule has 0 saturated heterocycles. The lowest BCUT2D eigenvalue weighted by molar-refractivity contribution is 0.0983. The van der Waals surface area contributed by atoms with E-state index in [-0.39, 0.29) is 5.78 Å². The Labute approximate surface area is 99.3 Å². The van der Waals surface area contributed by atoms with Crippen LogP contribution in [0.4, 0.5) is 0 Å². The van der Waals surface area contributed by atoms with Crippen molar-refractivity contribution in [2.45, 2.75) is 12.8 Å². The van der Waals surface area contributed by atoms with Crippen molar-refractivity contribution in [3.05, 3.63) is 58.9 Å². The van der Waals surface area contributed by atoms with Gasteiger partial charge in [0.05, 0.1) is 0 Å². The third-order valence-electron chi connectivity index (χ3n) is 2.45. The van der Waals surface area contributed by atoms with Gasteiger partial charge < -0.3 is 4.98 Å². The zero-order valence-electron chi connectivity index (χ0n) is 8.74. The first-order valence-corrected chi connectivity index (χ1v) is 5.54. The molecule has 1 heterocycles. The second-order valence-electron chi connectivity index (χ2n) is 3.65. The van der Waals surface area contributed by atoms with E-state index >= 15 is 0 Å². The highest BCUT2D eigenvalue weighted by atomic mass is 35.5. The lowest BCUT2D eigenvalue weighted by Gasteiger charge is -2.00. The number of carbonyl (C=O) groups is 1. The van der Waals surface area contributed by atoms with Gasteiger partial charge in [0.15, 0.2) is 5.78 Å². The minimum absolute atomic E-state index is 0.154. The van der Waals surface area contributed by atoms with E-state index in [0.29, 0.717) is 11.4 Å². The number of hydrogen-bond acceptors (Lipinski definition) is 1. The van der Waals surface area contributed by atoms with Crippen molar-refractivity contribution in [3.8, 4) is 0 Å². The Kier molecular flexibility index (Phi) is 3.42. The van der Waals surface area contributed by atoms with Gasteiger partial charge in [0.1, 0.15) is 0 Å². The summed E-state index contributed by atoms with van der Waals surface area (Å²) in [7, 11) is 0. The first-order valence-electron chi connectivity index (χ1n) is 5.16. The number of carbonyl (C=O) groups excluding carboxylic acids is 1. The molecule has 0 spiro atoms. The maximum Gasteiger partial charge on any atom is 0.164 e. The molecule has 0 aliphatic rings. The zero-order chi connectivity index (χ0) is 11.4. The van der Waals surface area contributed by atoms with E-state index in [1.807, 2.05) is 24.3 Å². The predicted octanol–water partition coefficient (Wildman–Crippen LogP) is 3.48. The molecule has 1 N–H and O–H groups in total. The lowest BCUT2D eigenvalue weighted by atomic mass is 10.1. The third-order valence-corrected chi connectivity index (χ3v) is 2.68. The molecule has 2 aromatic rings. The van der Waals surface area contributed by atoms with Gasteiger partial charge in [0.2, 0.25) is 0 Å². The lowest BCUT2D eigenvalue weighted by Crippen LogP contribution is -1.99. The van der Waals surface area contributed by atoms with Gasteiger partial charge >= 0.3 is 0 Å². The van der Waals surface area contributed by atoms with Gasteiger partial charge in [-0.3, -0.25) is 4.79 Å². The molecular formula is C13H12ClNO. The maximum absolute atomic E-state index is 11.7. The first kappa shape index (κ1) is 11.0. The number of halogens is 1. The molecule has 1 aromatic carbocycles. The van der Waals surface area contributed by atoms with Crippen LogP contribution in [-0.2, 0) is 6.42 Å². The average Bonchev–Trinajstić information content (AvgIpc) is 2.79. The Morgan fingerprint density at radius 3 is 2.88 bits per heavy atom. The molecule has 0 bridgehead atoms. The van der Waals surface area contributed by atoms with Crippen molar-refractivity contribution in [2.75, 3.05) is 0 Å². The van der Waals surface area contributed by atoms with Crippen LogP contribution in [0.15, 0.2) is 42.7 Å². The van der Waals surface area contributed by atoms with E-state index < -0.39 is 0 Å². The van der Waals surface area contributed by atoms with Crippen molar-refractivity contribution in [3.63, 3.8) is 0 Å². The molecule has 1 aromatic heterocycles. The van der Waals surface area contributed by atoms with E-state index in [2.05, 4.69) is 4.98 Å². The topological polar surface area (TPSA) is 32.9 Å². The molecule has 2 rings (SSSR count). The second-order valence-corrected chi connectivity index (χ2v) is 4.09. The summed E-state index contributed by atoms with van der Waals surface area (Å²) in [4.78, 5) is 14.6. The normalized spacial score (nSPS) is 10.3. The van der Waals surface area contributed by atoms with Crippen LogP contribution in [0.1, 0.15) is 22.3 Å². The summed E-state index contributed by atoms with van der Waals surface area (Å²) >= 11 is 5.87. The smallest absolute Gasteiger partial charge is 0.164 e. The molecule has 0 amide bonds. The molecule has 0 saturated carbocycles. The highest BCUT2D eigenvalue weighted by Gasteiger charge is 2.06. The number of aromatic amines is 1. The van der Waals surface area contributed by atoms with Crippen LogP contribution < -0.4 is 0 Å². The predicted molar refractivity (Wildman–Crippen MR) is 64.9 cm³/mol. The van der Waals surface area contributed by atoms with E-state index in [0.717, 1.165) is 17.5 Å². The Balaban J connectivity index is 1.95. The van der Waals surface area contributed by atoms with Crippen LogP contribution >= 0.6 is 11.6 Å². The molecule has 82 valence electrons. The molecule has 0 atom stereocenters. The molecule has 0 aliphatic heterocycles. The van der Waals surface area contributed by atoms with Crippen LogP contribution in [0.2, 0.25) is 5.02 Å². The second kappa shape index (κ2) is 4.99. The van der Waals surface area contributed by atoms with Gasteiger partial charge in [-0.25, -0.2) is 0 Å². The van der Waals surface area contributed by atoms with Crippen LogP contribution in [0.5, 0.6) is 0 Å². The molecule has 0 radical (unpaired) electrons. The molecule has 0 fully saturated rings. The monoisotopic (exact) mass is 233 g/mol. The molecule has 16 heavy (non-hydrogen) atoms. The van der Waals surface area contributed by atoms with Crippen molar-refractivity contribution in [1.82, 2.24) is 4.98 Å². The number of nitrogens with one attached hydrogen (secondary N) is 1. The van der Waals surface area contributed by atoms with E-state index in [4.69, 9.17) is 11.6 Å². The average molecular weight is 234 g/mol. The fourth-order valence-electron chi connectivity index (χ4n) is 1.59. The van der Waals surface area contributed by atoms with E-state index in [1.54, 1.807) is 18.5 Å². The fourth-order valence-corrected chi connectivity index (χ4v) is 1.80. The van der Waals surface area contributed by atoms with E-state index in [9.17, 15) is 4.79 Å². The summed E-state index contributed by atoms with van der Waals surface area (Å²) in [6.07, 6.45) is 4.72. The number of aryl methyl sites for hydroxylation is 1. The SMILES string of the molecule is O=C(CCc1cccc(Cl)c1)c1cc[nH]c1. The van der Waals surface area contributed by atoms with Gasteiger partial charge in [0.25, 0.3) is 0 Å². The molecule has 3 heteroatoms. The van der Waals surface area contributed by atoms with Gasteiger partial charge in [0, 0.05) is 29.4 Å². The van der Waals surface area contributed by atoms with Gasteiger partial charge in [-0.2, -0.15) is 0 Å². The number of H-pyrrole nitrogens is 1. The Hall–Kier alpha value is -1.54. The van der Waals surface area contributed by atoms with Crippen LogP contribution in [0.3, 0.4) is 0 Å². The molecule has 0 aliphatic carbocycles. The molecule has 0 unspecified atom stereocenters. The highest BCUT2D eigenvalue weighted by Crippen LogP contribution is 2.13. The molecule has 2 nitrogen and oxygen atoms in total. The summed E-state index contributed by atoms with van der Waals surface area (Å²) in [6.45, 7) is 0. The number of aromatic nitrogens is 1. The fraction of sp³-hybridized carbons (Fsp3) is 0.154. The Morgan fingerprint density at radius 1 is 1.31 bits per heavy atom. The van der Waals surface area contributed by atoms with Crippen molar-refractivity contribution < 1.29 is 4.79 Å². The van der Waals surface area contributed by atoms with Crippen LogP contribution in [0.25, 0.3) is 0 Å². The van der Waals surface area contributed by atoms with Crippen LogP contribution in [-0.4, -0.2) is 10.8 Å². The summed E-state index contributed by atoms with van der Waals surface area (Å²) in [6, 6.07) is 9.40. The van der Waals surface area contributed by atoms with Gasteiger partial charge in [-0.1, -0.05) is 23.7 Å². The number of Topliss-reactive ketones (excluding diaryl/α,β-unsaturated/α-hetero) is 1. The number of rotatable bonds is 4. The maximum atomic E-state index is 11.7. The van der Waals surface area contributed by atoms with Gasteiger partial charge in [-0.05, 0) is 30.2 Å². The zero-order valence-corrected chi connectivity index (χ0v) is 9.50. The van der Waals surface area contributed by atoms with Gasteiger partial charge in [-0.15, -0.1) is 0 Å². The molecular weight excluding hydrogens is 222 g/mol. The number of ketones is 1. The number of hydrogen-bond donors (Lipinski definition) is 1. The third kappa shape index (κ3) is 2.74. The quantitative estimate of drug-likeness (QED) is 0.806. The first-order chi connectivity index (χ1) is 7.75.